The number of aliphatic hydroxyl groups is 1. The third-order valence-electron chi connectivity index (χ3n) is 1.47. The van der Waals surface area contributed by atoms with Gasteiger partial charge < -0.3 is 19.3 Å². The lowest BCUT2D eigenvalue weighted by atomic mass is 10.4. The molecule has 102 valence electrons. The van der Waals surface area contributed by atoms with Crippen LogP contribution in [0.25, 0.3) is 0 Å². The van der Waals surface area contributed by atoms with E-state index in [-0.39, 0.29) is 26.4 Å². The first kappa shape index (κ1) is 16.3. The average molecular weight is 258 g/mol. The predicted molar refractivity (Wildman–Crippen MR) is 63.5 cm³/mol. The van der Waals surface area contributed by atoms with Crippen molar-refractivity contribution in [1.82, 2.24) is 0 Å². The highest BCUT2D eigenvalue weighted by molar-refractivity contribution is 5.91. The maximum absolute atomic E-state index is 11.1. The van der Waals surface area contributed by atoms with E-state index in [2.05, 4.69) is 4.74 Å². The molecule has 0 bridgehead atoms. The van der Waals surface area contributed by atoms with Crippen LogP contribution in [0, 0.1) is 0 Å². The lowest BCUT2D eigenvalue weighted by Gasteiger charge is -2.02. The van der Waals surface area contributed by atoms with E-state index < -0.39 is 11.9 Å². The molecule has 0 spiro atoms. The maximum Gasteiger partial charge on any atom is 0.335 e. The number of hydrogen-bond acceptors (Lipinski definition) is 6. The maximum atomic E-state index is 11.1. The molecular formula is C12H18O6. The number of allylic oxidation sites excluding steroid dienone is 1. The van der Waals surface area contributed by atoms with Crippen molar-refractivity contribution < 1.29 is 28.9 Å². The molecule has 0 aromatic heterocycles. The summed E-state index contributed by atoms with van der Waals surface area (Å²) in [5, 5.41) is 8.41. The number of aliphatic hydroxyl groups excluding tert-OH is 1. The standard InChI is InChI=1S/C12H18O6/c1-10(2)9-18-12(15)4-3-11(14)17-8-7-16-6-5-13/h3-4,9,13H,5-8H2,1-2H3/b4-3-. The first-order valence-electron chi connectivity index (χ1n) is 5.43. The Morgan fingerprint density at radius 1 is 1.06 bits per heavy atom. The Bertz CT molecular complexity index is 315. The highest BCUT2D eigenvalue weighted by atomic mass is 16.6. The van der Waals surface area contributed by atoms with E-state index in [1.54, 1.807) is 13.8 Å². The molecule has 0 aromatic carbocycles. The number of hydrogen-bond donors (Lipinski definition) is 1. The van der Waals surface area contributed by atoms with Gasteiger partial charge >= 0.3 is 11.9 Å². The van der Waals surface area contributed by atoms with Gasteiger partial charge in [0.05, 0.1) is 26.1 Å². The summed E-state index contributed by atoms with van der Waals surface area (Å²) in [5.41, 5.74) is 0.834. The number of esters is 2. The third kappa shape index (κ3) is 10.8. The summed E-state index contributed by atoms with van der Waals surface area (Å²) in [6.45, 7) is 3.93. The van der Waals surface area contributed by atoms with E-state index in [4.69, 9.17) is 14.6 Å². The van der Waals surface area contributed by atoms with Gasteiger partial charge in [0, 0.05) is 12.2 Å². The SMILES string of the molecule is CC(C)=COC(=O)/C=C\C(=O)OCCOCCO. The molecule has 0 fully saturated rings. The number of carbonyl (C=O) groups is 2. The summed E-state index contributed by atoms with van der Waals surface area (Å²) in [6, 6.07) is 0. The summed E-state index contributed by atoms with van der Waals surface area (Å²) in [5.74, 6) is -1.30. The second-order valence-electron chi connectivity index (χ2n) is 3.47. The van der Waals surface area contributed by atoms with Gasteiger partial charge in [-0.25, -0.2) is 9.59 Å². The lowest BCUT2D eigenvalue weighted by Crippen LogP contribution is -2.10. The van der Waals surface area contributed by atoms with Gasteiger partial charge in [0.2, 0.25) is 0 Å². The number of ether oxygens (including phenoxy) is 3. The molecule has 0 aliphatic rings. The monoisotopic (exact) mass is 258 g/mol. The molecule has 0 aromatic rings. The molecule has 6 heteroatoms. The van der Waals surface area contributed by atoms with Crippen LogP contribution in [0.4, 0.5) is 0 Å². The molecule has 0 unspecified atom stereocenters. The third-order valence-corrected chi connectivity index (χ3v) is 1.47. The smallest absolute Gasteiger partial charge is 0.335 e. The topological polar surface area (TPSA) is 82.1 Å². The molecule has 0 aliphatic carbocycles. The van der Waals surface area contributed by atoms with E-state index >= 15 is 0 Å². The molecule has 0 amide bonds. The fraction of sp³-hybridized carbons (Fsp3) is 0.500. The van der Waals surface area contributed by atoms with Crippen LogP contribution in [-0.4, -0.2) is 43.5 Å². The van der Waals surface area contributed by atoms with Crippen LogP contribution in [0.2, 0.25) is 0 Å². The van der Waals surface area contributed by atoms with E-state index in [1.165, 1.54) is 6.26 Å². The fourth-order valence-corrected chi connectivity index (χ4v) is 0.767. The van der Waals surface area contributed by atoms with Gasteiger partial charge in [0.15, 0.2) is 0 Å². The Hall–Kier alpha value is -1.66. The zero-order chi connectivity index (χ0) is 13.8. The molecule has 0 saturated heterocycles. The Kier molecular flexibility index (Phi) is 9.52. The zero-order valence-electron chi connectivity index (χ0n) is 10.5. The summed E-state index contributed by atoms with van der Waals surface area (Å²) in [6.07, 6.45) is 3.25. The van der Waals surface area contributed by atoms with E-state index in [1.807, 2.05) is 0 Å². The Labute approximate surface area is 106 Å². The van der Waals surface area contributed by atoms with Crippen LogP contribution in [0.1, 0.15) is 13.8 Å². The van der Waals surface area contributed by atoms with Crippen molar-refractivity contribution in [3.63, 3.8) is 0 Å². The van der Waals surface area contributed by atoms with E-state index in [9.17, 15) is 9.59 Å². The van der Waals surface area contributed by atoms with E-state index in [0.29, 0.717) is 0 Å². The van der Waals surface area contributed by atoms with E-state index in [0.717, 1.165) is 17.7 Å². The first-order valence-corrected chi connectivity index (χ1v) is 5.43. The van der Waals surface area contributed by atoms with Gasteiger partial charge in [-0.2, -0.15) is 0 Å². The molecule has 0 heterocycles. The van der Waals surface area contributed by atoms with Gasteiger partial charge in [-0.15, -0.1) is 0 Å². The van der Waals surface area contributed by atoms with Crippen molar-refractivity contribution in [3.8, 4) is 0 Å². The molecule has 0 saturated carbocycles. The number of rotatable bonds is 8. The summed E-state index contributed by atoms with van der Waals surface area (Å²) >= 11 is 0. The van der Waals surface area contributed by atoms with Crippen molar-refractivity contribution in [2.75, 3.05) is 26.4 Å². The second-order valence-corrected chi connectivity index (χ2v) is 3.47. The highest BCUT2D eigenvalue weighted by Gasteiger charge is 1.99. The number of carbonyl (C=O) groups excluding carboxylic acids is 2. The summed E-state index contributed by atoms with van der Waals surface area (Å²) in [4.78, 5) is 22.1. The lowest BCUT2D eigenvalue weighted by molar-refractivity contribution is -0.140. The largest absolute Gasteiger partial charge is 0.460 e. The van der Waals surface area contributed by atoms with Crippen molar-refractivity contribution >= 4 is 11.9 Å². The molecule has 0 aliphatic heterocycles. The molecule has 18 heavy (non-hydrogen) atoms. The predicted octanol–water partition coefficient (Wildman–Crippen LogP) is 0.562. The minimum atomic E-state index is -0.656. The molecule has 0 rings (SSSR count). The van der Waals surface area contributed by atoms with Crippen LogP contribution in [0.15, 0.2) is 24.0 Å². The van der Waals surface area contributed by atoms with Crippen molar-refractivity contribution in [3.05, 3.63) is 24.0 Å². The zero-order valence-corrected chi connectivity index (χ0v) is 10.5. The second kappa shape index (κ2) is 10.5. The van der Waals surface area contributed by atoms with Crippen molar-refractivity contribution in [2.45, 2.75) is 13.8 Å². The quantitative estimate of drug-likeness (QED) is 0.296. The molecule has 1 N–H and O–H groups in total. The van der Waals surface area contributed by atoms with Crippen LogP contribution in [-0.2, 0) is 23.8 Å². The van der Waals surface area contributed by atoms with Crippen molar-refractivity contribution in [2.24, 2.45) is 0 Å². The van der Waals surface area contributed by atoms with Crippen LogP contribution in [0.3, 0.4) is 0 Å². The minimum Gasteiger partial charge on any atom is -0.460 e. The molecule has 6 nitrogen and oxygen atoms in total. The average Bonchev–Trinajstić information content (AvgIpc) is 2.33. The Balaban J connectivity index is 3.73. The van der Waals surface area contributed by atoms with Crippen LogP contribution >= 0.6 is 0 Å². The van der Waals surface area contributed by atoms with Gasteiger partial charge in [0.25, 0.3) is 0 Å². The fourth-order valence-electron chi connectivity index (χ4n) is 0.767. The van der Waals surface area contributed by atoms with Gasteiger partial charge in [-0.1, -0.05) is 0 Å². The molecule has 0 radical (unpaired) electrons. The summed E-state index contributed by atoms with van der Waals surface area (Å²) < 4.78 is 14.2. The Morgan fingerprint density at radius 3 is 2.33 bits per heavy atom. The van der Waals surface area contributed by atoms with Crippen LogP contribution in [0.5, 0.6) is 0 Å². The summed E-state index contributed by atoms with van der Waals surface area (Å²) in [7, 11) is 0. The van der Waals surface area contributed by atoms with Gasteiger partial charge in [-0.05, 0) is 19.4 Å². The van der Waals surface area contributed by atoms with Crippen molar-refractivity contribution in [1.29, 1.82) is 0 Å². The van der Waals surface area contributed by atoms with Crippen LogP contribution < -0.4 is 0 Å². The normalized spacial score (nSPS) is 10.2. The minimum absolute atomic E-state index is 0.0617. The van der Waals surface area contributed by atoms with Gasteiger partial charge in [0.1, 0.15) is 6.61 Å². The Morgan fingerprint density at radius 2 is 1.72 bits per heavy atom. The molecular weight excluding hydrogens is 240 g/mol. The first-order chi connectivity index (χ1) is 8.56. The molecule has 0 atom stereocenters. The van der Waals surface area contributed by atoms with Gasteiger partial charge in [-0.3, -0.25) is 0 Å². The highest BCUT2D eigenvalue weighted by Crippen LogP contribution is 1.92.